The first-order valence-electron chi connectivity index (χ1n) is 9.44. The average Bonchev–Trinajstić information content (AvgIpc) is 3.34. The second-order valence-corrected chi connectivity index (χ2v) is 7.30. The molecule has 25 heavy (non-hydrogen) atoms. The SMILES string of the molecule is CCN(CCNC(=O)[C@H]1CC(=O)N(CC2CC2)C1)c1ccccc1C. The molecule has 1 heterocycles. The number of benzene rings is 1. The fraction of sp³-hybridized carbons (Fsp3) is 0.600. The van der Waals surface area contributed by atoms with Crippen molar-refractivity contribution in [3.8, 4) is 0 Å². The van der Waals surface area contributed by atoms with Crippen LogP contribution in [-0.4, -0.2) is 49.4 Å². The van der Waals surface area contributed by atoms with Crippen molar-refractivity contribution in [2.45, 2.75) is 33.1 Å². The van der Waals surface area contributed by atoms with Crippen molar-refractivity contribution in [2.75, 3.05) is 37.6 Å². The van der Waals surface area contributed by atoms with Gasteiger partial charge in [0, 0.05) is 44.8 Å². The molecule has 0 aromatic heterocycles. The van der Waals surface area contributed by atoms with Crippen LogP contribution in [-0.2, 0) is 9.59 Å². The average molecular weight is 343 g/mol. The van der Waals surface area contributed by atoms with E-state index < -0.39 is 0 Å². The van der Waals surface area contributed by atoms with Crippen LogP contribution in [0.4, 0.5) is 5.69 Å². The molecule has 3 rings (SSSR count). The molecule has 2 amide bonds. The number of nitrogens with zero attached hydrogens (tertiary/aromatic N) is 2. The van der Waals surface area contributed by atoms with E-state index in [0.29, 0.717) is 25.4 Å². The molecule has 0 spiro atoms. The molecule has 136 valence electrons. The van der Waals surface area contributed by atoms with E-state index in [4.69, 9.17) is 0 Å². The molecular weight excluding hydrogens is 314 g/mol. The number of carbonyl (C=O) groups is 2. The highest BCUT2D eigenvalue weighted by molar-refractivity contribution is 5.89. The van der Waals surface area contributed by atoms with Crippen molar-refractivity contribution in [1.82, 2.24) is 10.2 Å². The van der Waals surface area contributed by atoms with Gasteiger partial charge in [0.2, 0.25) is 11.8 Å². The number of para-hydroxylation sites is 1. The van der Waals surface area contributed by atoms with Crippen molar-refractivity contribution in [2.24, 2.45) is 11.8 Å². The van der Waals surface area contributed by atoms with Gasteiger partial charge in [0.1, 0.15) is 0 Å². The van der Waals surface area contributed by atoms with Crippen molar-refractivity contribution in [1.29, 1.82) is 0 Å². The summed E-state index contributed by atoms with van der Waals surface area (Å²) in [4.78, 5) is 28.6. The minimum Gasteiger partial charge on any atom is -0.370 e. The third-order valence-electron chi connectivity index (χ3n) is 5.28. The smallest absolute Gasteiger partial charge is 0.225 e. The maximum absolute atomic E-state index is 12.4. The third-order valence-corrected chi connectivity index (χ3v) is 5.28. The Bertz CT molecular complexity index is 627. The van der Waals surface area contributed by atoms with Gasteiger partial charge in [-0.2, -0.15) is 0 Å². The van der Waals surface area contributed by atoms with Gasteiger partial charge >= 0.3 is 0 Å². The standard InChI is InChI=1S/C20H29N3O2/c1-3-22(18-7-5-4-6-15(18)2)11-10-21-20(25)17-12-19(24)23(14-17)13-16-8-9-16/h4-7,16-17H,3,8-14H2,1-2H3,(H,21,25)/t17-/m0/s1. The van der Waals surface area contributed by atoms with Crippen molar-refractivity contribution in [3.63, 3.8) is 0 Å². The number of nitrogens with one attached hydrogen (secondary N) is 1. The van der Waals surface area contributed by atoms with Crippen LogP contribution in [0.15, 0.2) is 24.3 Å². The Balaban J connectivity index is 1.45. The predicted octanol–water partition coefficient (Wildman–Crippen LogP) is 2.20. The minimum atomic E-state index is -0.181. The van der Waals surface area contributed by atoms with Crippen molar-refractivity contribution < 1.29 is 9.59 Å². The number of rotatable bonds is 8. The summed E-state index contributed by atoms with van der Waals surface area (Å²) in [6.07, 6.45) is 2.83. The highest BCUT2D eigenvalue weighted by Crippen LogP contribution is 2.32. The first-order chi connectivity index (χ1) is 12.1. The van der Waals surface area contributed by atoms with E-state index >= 15 is 0 Å². The predicted molar refractivity (Wildman–Crippen MR) is 99.5 cm³/mol. The van der Waals surface area contributed by atoms with Crippen LogP contribution in [0.5, 0.6) is 0 Å². The van der Waals surface area contributed by atoms with Crippen LogP contribution in [0.25, 0.3) is 0 Å². The van der Waals surface area contributed by atoms with Crippen LogP contribution in [0.1, 0.15) is 31.7 Å². The van der Waals surface area contributed by atoms with Gasteiger partial charge in [0.15, 0.2) is 0 Å². The lowest BCUT2D eigenvalue weighted by Crippen LogP contribution is -2.39. The fourth-order valence-electron chi connectivity index (χ4n) is 3.56. The van der Waals surface area contributed by atoms with E-state index in [1.165, 1.54) is 24.1 Å². The Morgan fingerprint density at radius 2 is 2.08 bits per heavy atom. The zero-order valence-corrected chi connectivity index (χ0v) is 15.3. The molecule has 0 unspecified atom stereocenters. The van der Waals surface area contributed by atoms with E-state index in [2.05, 4.69) is 36.2 Å². The summed E-state index contributed by atoms with van der Waals surface area (Å²) >= 11 is 0. The number of likely N-dealkylation sites (N-methyl/N-ethyl adjacent to an activating group) is 1. The summed E-state index contributed by atoms with van der Waals surface area (Å²) in [5, 5.41) is 3.03. The molecule has 1 aromatic rings. The Labute approximate surface area is 150 Å². The maximum Gasteiger partial charge on any atom is 0.225 e. The van der Waals surface area contributed by atoms with E-state index in [-0.39, 0.29) is 17.7 Å². The van der Waals surface area contributed by atoms with Crippen LogP contribution < -0.4 is 10.2 Å². The zero-order valence-electron chi connectivity index (χ0n) is 15.3. The number of anilines is 1. The quantitative estimate of drug-likeness (QED) is 0.787. The highest BCUT2D eigenvalue weighted by atomic mass is 16.2. The van der Waals surface area contributed by atoms with Crippen LogP contribution >= 0.6 is 0 Å². The summed E-state index contributed by atoms with van der Waals surface area (Å²) < 4.78 is 0. The second kappa shape index (κ2) is 7.89. The molecule has 1 aliphatic carbocycles. The largest absolute Gasteiger partial charge is 0.370 e. The molecule has 1 saturated carbocycles. The van der Waals surface area contributed by atoms with Gasteiger partial charge in [-0.05, 0) is 44.2 Å². The minimum absolute atomic E-state index is 0.0208. The Morgan fingerprint density at radius 3 is 2.76 bits per heavy atom. The maximum atomic E-state index is 12.4. The highest BCUT2D eigenvalue weighted by Gasteiger charge is 2.36. The summed E-state index contributed by atoms with van der Waals surface area (Å²) in [7, 11) is 0. The lowest BCUT2D eigenvalue weighted by molar-refractivity contribution is -0.129. The van der Waals surface area contributed by atoms with Gasteiger partial charge in [-0.25, -0.2) is 0 Å². The topological polar surface area (TPSA) is 52.7 Å². The summed E-state index contributed by atoms with van der Waals surface area (Å²) in [5.41, 5.74) is 2.46. The Hall–Kier alpha value is -2.04. The molecule has 5 nitrogen and oxygen atoms in total. The molecule has 5 heteroatoms. The fourth-order valence-corrected chi connectivity index (χ4v) is 3.56. The van der Waals surface area contributed by atoms with E-state index in [1.54, 1.807) is 0 Å². The number of amides is 2. The molecule has 2 aliphatic rings. The normalized spacial score (nSPS) is 20.0. The van der Waals surface area contributed by atoms with Crippen LogP contribution in [0.2, 0.25) is 0 Å². The Kier molecular flexibility index (Phi) is 5.61. The third kappa shape index (κ3) is 4.53. The van der Waals surface area contributed by atoms with Crippen molar-refractivity contribution >= 4 is 17.5 Å². The molecule has 2 fully saturated rings. The van der Waals surface area contributed by atoms with Gasteiger partial charge in [-0.15, -0.1) is 0 Å². The van der Waals surface area contributed by atoms with Gasteiger partial charge in [0.05, 0.1) is 5.92 Å². The molecule has 1 N–H and O–H groups in total. The molecular formula is C20H29N3O2. The number of hydrogen-bond acceptors (Lipinski definition) is 3. The van der Waals surface area contributed by atoms with Gasteiger partial charge in [-0.1, -0.05) is 18.2 Å². The Morgan fingerprint density at radius 1 is 1.32 bits per heavy atom. The van der Waals surface area contributed by atoms with E-state index in [1.807, 2.05) is 17.0 Å². The number of hydrogen-bond donors (Lipinski definition) is 1. The molecule has 1 saturated heterocycles. The lowest BCUT2D eigenvalue weighted by atomic mass is 10.1. The summed E-state index contributed by atoms with van der Waals surface area (Å²) in [5.74, 6) is 0.660. The number of aryl methyl sites for hydroxylation is 1. The van der Waals surface area contributed by atoms with E-state index in [9.17, 15) is 9.59 Å². The molecule has 1 aliphatic heterocycles. The number of carbonyl (C=O) groups excluding carboxylic acids is 2. The van der Waals surface area contributed by atoms with Gasteiger partial charge < -0.3 is 15.1 Å². The summed E-state index contributed by atoms with van der Waals surface area (Å²) in [6, 6.07) is 8.31. The van der Waals surface area contributed by atoms with Crippen LogP contribution in [0.3, 0.4) is 0 Å². The second-order valence-electron chi connectivity index (χ2n) is 7.30. The van der Waals surface area contributed by atoms with E-state index in [0.717, 1.165) is 19.6 Å². The molecule has 0 bridgehead atoms. The van der Waals surface area contributed by atoms with Gasteiger partial charge in [0.25, 0.3) is 0 Å². The molecule has 0 radical (unpaired) electrons. The number of likely N-dealkylation sites (tertiary alicyclic amines) is 1. The lowest BCUT2D eigenvalue weighted by Gasteiger charge is -2.25. The first kappa shape index (κ1) is 17.8. The molecule has 1 atom stereocenters. The van der Waals surface area contributed by atoms with Crippen LogP contribution in [0, 0.1) is 18.8 Å². The monoisotopic (exact) mass is 343 g/mol. The first-order valence-corrected chi connectivity index (χ1v) is 9.44. The zero-order chi connectivity index (χ0) is 17.8. The van der Waals surface area contributed by atoms with Gasteiger partial charge in [-0.3, -0.25) is 9.59 Å². The summed E-state index contributed by atoms with van der Waals surface area (Å²) in [6.45, 7) is 7.95. The molecule has 1 aromatic carbocycles. The van der Waals surface area contributed by atoms with Crippen molar-refractivity contribution in [3.05, 3.63) is 29.8 Å².